The van der Waals surface area contributed by atoms with Crippen LogP contribution < -0.4 is 4.74 Å². The molecule has 0 spiro atoms. The molecule has 5 rings (SSSR count). The first-order valence-corrected chi connectivity index (χ1v) is 11.3. The van der Waals surface area contributed by atoms with Crippen LogP contribution >= 0.6 is 11.8 Å². The minimum absolute atomic E-state index is 0.369. The number of methoxy groups -OCH3 is 1. The second-order valence-electron chi connectivity index (χ2n) is 7.64. The van der Waals surface area contributed by atoms with E-state index in [1.54, 1.807) is 7.11 Å². The van der Waals surface area contributed by atoms with Crippen molar-refractivity contribution in [2.24, 2.45) is 4.99 Å². The predicted molar refractivity (Wildman–Crippen MR) is 131 cm³/mol. The zero-order chi connectivity index (χ0) is 21.0. The van der Waals surface area contributed by atoms with E-state index in [0.29, 0.717) is 5.25 Å². The largest absolute Gasteiger partial charge is 0.497 e. The number of benzene rings is 4. The predicted octanol–water partition coefficient (Wildman–Crippen LogP) is 6.83. The minimum Gasteiger partial charge on any atom is -0.497 e. The molecule has 0 unspecified atom stereocenters. The first-order chi connectivity index (χ1) is 15.3. The number of rotatable bonds is 5. The summed E-state index contributed by atoms with van der Waals surface area (Å²) in [7, 11) is 1.70. The SMILES string of the molecule is COc1ccc(CN2C[C@@H](c3ccccc3)SC2=Nc2cccc3ccccc23)cc1. The first-order valence-electron chi connectivity index (χ1n) is 10.5. The van der Waals surface area contributed by atoms with E-state index in [9.17, 15) is 0 Å². The number of hydrogen-bond donors (Lipinski definition) is 0. The van der Waals surface area contributed by atoms with Gasteiger partial charge in [-0.3, -0.25) is 0 Å². The quantitative estimate of drug-likeness (QED) is 0.351. The van der Waals surface area contributed by atoms with E-state index >= 15 is 0 Å². The number of thioether (sulfide) groups is 1. The minimum atomic E-state index is 0.369. The Morgan fingerprint density at radius 3 is 2.42 bits per heavy atom. The Kier molecular flexibility index (Phi) is 5.63. The Morgan fingerprint density at radius 1 is 0.871 bits per heavy atom. The molecule has 1 aliphatic heterocycles. The fourth-order valence-electron chi connectivity index (χ4n) is 3.95. The van der Waals surface area contributed by atoms with Crippen molar-refractivity contribution in [1.29, 1.82) is 0 Å². The Hall–Kier alpha value is -3.24. The molecule has 1 atom stereocenters. The van der Waals surface area contributed by atoms with Crippen LogP contribution in [0.4, 0.5) is 5.69 Å². The van der Waals surface area contributed by atoms with Gasteiger partial charge in [-0.1, -0.05) is 90.6 Å². The molecule has 0 N–H and O–H groups in total. The van der Waals surface area contributed by atoms with Gasteiger partial charge in [0, 0.05) is 18.5 Å². The molecule has 0 radical (unpaired) electrons. The maximum Gasteiger partial charge on any atom is 0.165 e. The zero-order valence-electron chi connectivity index (χ0n) is 17.4. The highest BCUT2D eigenvalue weighted by Crippen LogP contribution is 2.40. The molecule has 154 valence electrons. The normalized spacial score (nSPS) is 17.4. The van der Waals surface area contributed by atoms with Crippen LogP contribution in [0.2, 0.25) is 0 Å². The van der Waals surface area contributed by atoms with Crippen LogP contribution in [0.5, 0.6) is 5.75 Å². The molecule has 1 aliphatic rings. The van der Waals surface area contributed by atoms with Crippen LogP contribution in [0.1, 0.15) is 16.4 Å². The second kappa shape index (κ2) is 8.86. The molecule has 1 fully saturated rings. The zero-order valence-corrected chi connectivity index (χ0v) is 18.3. The molecule has 31 heavy (non-hydrogen) atoms. The average molecular weight is 425 g/mol. The van der Waals surface area contributed by atoms with Crippen molar-refractivity contribution < 1.29 is 4.74 Å². The lowest BCUT2D eigenvalue weighted by Gasteiger charge is -2.19. The molecular weight excluding hydrogens is 400 g/mol. The summed E-state index contributed by atoms with van der Waals surface area (Å²) >= 11 is 1.85. The van der Waals surface area contributed by atoms with E-state index < -0.39 is 0 Å². The molecule has 0 amide bonds. The third-order valence-corrected chi connectivity index (χ3v) is 6.86. The van der Waals surface area contributed by atoms with Gasteiger partial charge < -0.3 is 9.64 Å². The van der Waals surface area contributed by atoms with E-state index in [0.717, 1.165) is 29.7 Å². The lowest BCUT2D eigenvalue weighted by molar-refractivity contribution is 0.412. The number of amidine groups is 1. The molecule has 4 aromatic rings. The number of ether oxygens (including phenoxy) is 1. The highest BCUT2D eigenvalue weighted by atomic mass is 32.2. The summed E-state index contributed by atoms with van der Waals surface area (Å²) in [6.07, 6.45) is 0. The van der Waals surface area contributed by atoms with Gasteiger partial charge in [-0.15, -0.1) is 0 Å². The molecule has 1 saturated heterocycles. The lowest BCUT2D eigenvalue weighted by Crippen LogP contribution is -2.24. The summed E-state index contributed by atoms with van der Waals surface area (Å²) in [6.45, 7) is 1.76. The van der Waals surface area contributed by atoms with Gasteiger partial charge in [0.15, 0.2) is 5.17 Å². The maximum atomic E-state index is 5.31. The average Bonchev–Trinajstić information content (AvgIpc) is 3.22. The number of aliphatic imine (C=N–C) groups is 1. The molecule has 3 nitrogen and oxygen atoms in total. The molecule has 0 saturated carbocycles. The van der Waals surface area contributed by atoms with Gasteiger partial charge in [-0.25, -0.2) is 4.99 Å². The van der Waals surface area contributed by atoms with Gasteiger partial charge in [0.2, 0.25) is 0 Å². The summed E-state index contributed by atoms with van der Waals surface area (Å²) in [5.41, 5.74) is 3.62. The first kappa shape index (κ1) is 19.7. The summed E-state index contributed by atoms with van der Waals surface area (Å²) < 4.78 is 5.31. The topological polar surface area (TPSA) is 24.8 Å². The van der Waals surface area contributed by atoms with Crippen LogP contribution in [0.25, 0.3) is 10.8 Å². The van der Waals surface area contributed by atoms with Gasteiger partial charge >= 0.3 is 0 Å². The molecule has 0 bridgehead atoms. The smallest absolute Gasteiger partial charge is 0.165 e. The van der Waals surface area contributed by atoms with E-state index in [1.807, 2.05) is 23.9 Å². The van der Waals surface area contributed by atoms with Crippen LogP contribution in [-0.4, -0.2) is 23.7 Å². The summed E-state index contributed by atoms with van der Waals surface area (Å²) in [5, 5.41) is 3.84. The van der Waals surface area contributed by atoms with Gasteiger partial charge in [0.25, 0.3) is 0 Å². The lowest BCUT2D eigenvalue weighted by atomic mass is 10.1. The maximum absolute atomic E-state index is 5.31. The van der Waals surface area contributed by atoms with E-state index in [-0.39, 0.29) is 0 Å². The van der Waals surface area contributed by atoms with Crippen molar-refractivity contribution in [1.82, 2.24) is 4.90 Å². The molecular formula is C27H24N2OS. The van der Waals surface area contributed by atoms with Gasteiger partial charge in [-0.2, -0.15) is 0 Å². The molecule has 1 heterocycles. The fourth-order valence-corrected chi connectivity index (χ4v) is 5.19. The standard InChI is InChI=1S/C27H24N2OS/c1-30-23-16-14-20(15-17-23)18-29-19-26(22-9-3-2-4-10-22)31-27(29)28-25-13-7-11-21-8-5-6-12-24(21)25/h2-17,26H,18-19H2,1H3/t26-/m0/s1. The van der Waals surface area contributed by atoms with Crippen LogP contribution in [0.3, 0.4) is 0 Å². The van der Waals surface area contributed by atoms with Gasteiger partial charge in [0.05, 0.1) is 18.0 Å². The monoisotopic (exact) mass is 424 g/mol. The Bertz CT molecular complexity index is 1200. The molecule has 4 aromatic carbocycles. The van der Waals surface area contributed by atoms with Crippen LogP contribution in [0, 0.1) is 0 Å². The van der Waals surface area contributed by atoms with Crippen LogP contribution in [0.15, 0.2) is 102 Å². The highest BCUT2D eigenvalue weighted by Gasteiger charge is 2.30. The van der Waals surface area contributed by atoms with Gasteiger partial charge in [-0.05, 0) is 34.7 Å². The summed E-state index contributed by atoms with van der Waals surface area (Å²) in [6, 6.07) is 33.8. The van der Waals surface area contributed by atoms with Crippen molar-refractivity contribution in [3.05, 3.63) is 108 Å². The number of nitrogens with zero attached hydrogens (tertiary/aromatic N) is 2. The highest BCUT2D eigenvalue weighted by molar-refractivity contribution is 8.14. The third-order valence-electron chi connectivity index (χ3n) is 5.59. The van der Waals surface area contributed by atoms with Crippen molar-refractivity contribution in [3.8, 4) is 5.75 Å². The third kappa shape index (κ3) is 4.30. The summed E-state index contributed by atoms with van der Waals surface area (Å²) in [4.78, 5) is 7.55. The second-order valence-corrected chi connectivity index (χ2v) is 8.81. The molecule has 0 aliphatic carbocycles. The van der Waals surface area contributed by atoms with Gasteiger partial charge in [0.1, 0.15) is 5.75 Å². The Balaban J connectivity index is 1.50. The Labute approximate surface area is 187 Å². The number of hydrogen-bond acceptors (Lipinski definition) is 3. The van der Waals surface area contributed by atoms with E-state index in [4.69, 9.17) is 9.73 Å². The van der Waals surface area contributed by atoms with Crippen molar-refractivity contribution in [2.45, 2.75) is 11.8 Å². The van der Waals surface area contributed by atoms with Crippen LogP contribution in [-0.2, 0) is 6.54 Å². The van der Waals surface area contributed by atoms with Crippen molar-refractivity contribution in [3.63, 3.8) is 0 Å². The molecule has 0 aromatic heterocycles. The number of fused-ring (bicyclic) bond motifs is 1. The summed E-state index contributed by atoms with van der Waals surface area (Å²) in [5.74, 6) is 0.881. The Morgan fingerprint density at radius 2 is 1.61 bits per heavy atom. The fraction of sp³-hybridized carbons (Fsp3) is 0.148. The van der Waals surface area contributed by atoms with E-state index in [1.165, 1.54) is 21.9 Å². The van der Waals surface area contributed by atoms with Crippen molar-refractivity contribution >= 4 is 33.4 Å². The van der Waals surface area contributed by atoms with Crippen molar-refractivity contribution in [2.75, 3.05) is 13.7 Å². The molecule has 4 heteroatoms. The van der Waals surface area contributed by atoms with E-state index in [2.05, 4.69) is 89.8 Å².